The van der Waals surface area contributed by atoms with Crippen molar-refractivity contribution in [1.29, 1.82) is 0 Å². The predicted molar refractivity (Wildman–Crippen MR) is 176 cm³/mol. The smallest absolute Gasteiger partial charge is 0.119 e. The van der Waals surface area contributed by atoms with E-state index >= 15 is 0 Å². The Morgan fingerprint density at radius 1 is 0.357 bits per heavy atom. The molecule has 0 aliphatic carbocycles. The van der Waals surface area contributed by atoms with Crippen molar-refractivity contribution in [3.63, 3.8) is 0 Å². The van der Waals surface area contributed by atoms with Crippen molar-refractivity contribution >= 4 is 24.3 Å². The molecule has 0 N–H and O–H groups in total. The zero-order valence-electron chi connectivity index (χ0n) is 24.7. The fraction of sp³-hybridized carbons (Fsp3) is 0.316. The summed E-state index contributed by atoms with van der Waals surface area (Å²) in [5.41, 5.74) is 4.63. The number of unbranched alkanes of at least 4 members (excludes halogenated alkanes) is 9. The molecule has 0 aliphatic heterocycles. The van der Waals surface area contributed by atoms with Crippen LogP contribution in [0.2, 0.25) is 0 Å². The summed E-state index contributed by atoms with van der Waals surface area (Å²) in [4.78, 5) is 8.10. The van der Waals surface area contributed by atoms with Crippen molar-refractivity contribution in [1.82, 2.24) is 9.97 Å². The Balaban J connectivity index is 0.929. The lowest BCUT2D eigenvalue weighted by Gasteiger charge is -2.07. The van der Waals surface area contributed by atoms with E-state index in [4.69, 9.17) is 9.47 Å². The quantitative estimate of drug-likeness (QED) is 0.107. The topological polar surface area (TPSA) is 44.2 Å². The molecular weight excluding hydrogens is 516 g/mol. The van der Waals surface area contributed by atoms with Gasteiger partial charge >= 0.3 is 0 Å². The summed E-state index contributed by atoms with van der Waals surface area (Å²) in [7, 11) is 0. The van der Waals surface area contributed by atoms with Crippen molar-refractivity contribution in [2.24, 2.45) is 0 Å². The highest BCUT2D eigenvalue weighted by Crippen LogP contribution is 2.17. The van der Waals surface area contributed by atoms with Crippen LogP contribution >= 0.6 is 0 Å². The second kappa shape index (κ2) is 19.0. The molecule has 0 spiro atoms. The van der Waals surface area contributed by atoms with Gasteiger partial charge in [-0.25, -0.2) is 0 Å². The van der Waals surface area contributed by atoms with Crippen LogP contribution in [0.4, 0.5) is 0 Å². The number of hydrogen-bond acceptors (Lipinski definition) is 4. The SMILES string of the molecule is C(=C\c1ccc(OCCCCCCCCCCCCOc2ccc(/C=C/c3ccncc3)cc2)cc1)/c1ccncc1. The Morgan fingerprint density at radius 3 is 0.976 bits per heavy atom. The number of pyridine rings is 2. The Bertz CT molecular complexity index is 1200. The molecule has 2 aromatic carbocycles. The molecule has 2 aromatic heterocycles. The van der Waals surface area contributed by atoms with Crippen molar-refractivity contribution < 1.29 is 9.47 Å². The Morgan fingerprint density at radius 2 is 0.643 bits per heavy atom. The third-order valence-corrected chi connectivity index (χ3v) is 7.19. The fourth-order valence-electron chi connectivity index (χ4n) is 4.68. The van der Waals surface area contributed by atoms with Crippen LogP contribution in [-0.2, 0) is 0 Å². The molecule has 4 rings (SSSR count). The van der Waals surface area contributed by atoms with E-state index < -0.39 is 0 Å². The summed E-state index contributed by atoms with van der Waals surface area (Å²) >= 11 is 0. The monoisotopic (exact) mass is 560 g/mol. The summed E-state index contributed by atoms with van der Waals surface area (Å²) in [5.74, 6) is 1.90. The first-order valence-corrected chi connectivity index (χ1v) is 15.5. The van der Waals surface area contributed by atoms with Crippen LogP contribution < -0.4 is 9.47 Å². The van der Waals surface area contributed by atoms with Gasteiger partial charge in [-0.2, -0.15) is 0 Å². The van der Waals surface area contributed by atoms with Crippen molar-refractivity contribution in [2.75, 3.05) is 13.2 Å². The highest BCUT2D eigenvalue weighted by molar-refractivity contribution is 5.70. The molecule has 0 fully saturated rings. The fourth-order valence-corrected chi connectivity index (χ4v) is 4.68. The minimum absolute atomic E-state index is 0.793. The van der Waals surface area contributed by atoms with Gasteiger partial charge in [0.15, 0.2) is 0 Å². The molecule has 0 radical (unpaired) electrons. The van der Waals surface area contributed by atoms with Crippen molar-refractivity contribution in [2.45, 2.75) is 64.2 Å². The van der Waals surface area contributed by atoms with Crippen LogP contribution in [0.3, 0.4) is 0 Å². The van der Waals surface area contributed by atoms with E-state index in [-0.39, 0.29) is 0 Å². The Kier molecular flexibility index (Phi) is 13.9. The molecule has 2 heterocycles. The highest BCUT2D eigenvalue weighted by Gasteiger charge is 1.98. The summed E-state index contributed by atoms with van der Waals surface area (Å²) in [6.45, 7) is 1.59. The molecule has 0 saturated heterocycles. The van der Waals surface area contributed by atoms with Gasteiger partial charge in [-0.05, 0) is 83.6 Å². The van der Waals surface area contributed by atoms with E-state index in [1.165, 1.54) is 62.5 Å². The molecule has 218 valence electrons. The largest absolute Gasteiger partial charge is 0.494 e. The van der Waals surface area contributed by atoms with Gasteiger partial charge in [0.05, 0.1) is 13.2 Å². The molecule has 0 atom stereocenters. The number of ether oxygens (including phenoxy) is 2. The second-order valence-corrected chi connectivity index (χ2v) is 10.6. The van der Waals surface area contributed by atoms with Gasteiger partial charge in [-0.15, -0.1) is 0 Å². The van der Waals surface area contributed by atoms with Crippen LogP contribution in [-0.4, -0.2) is 23.2 Å². The summed E-state index contributed by atoms with van der Waals surface area (Å²) in [6, 6.07) is 24.6. The maximum atomic E-state index is 5.93. The van der Waals surface area contributed by atoms with Crippen LogP contribution in [0.5, 0.6) is 11.5 Å². The lowest BCUT2D eigenvalue weighted by Crippen LogP contribution is -1.97. The standard InChI is InChI=1S/C38H44N2O2/c1(3-5-7-9-31-41-37-19-15-33(16-20-37)11-13-35-23-27-39-28-24-35)2-4-6-8-10-32-42-38-21-17-34(18-22-38)12-14-36-25-29-40-30-26-36/h11-30H,1-10,31-32H2/b13-11+,14-12+. The first-order valence-electron chi connectivity index (χ1n) is 15.5. The lowest BCUT2D eigenvalue weighted by atomic mass is 10.1. The summed E-state index contributed by atoms with van der Waals surface area (Å²) in [5, 5.41) is 0. The first-order chi connectivity index (χ1) is 20.8. The molecule has 4 nitrogen and oxygen atoms in total. The van der Waals surface area contributed by atoms with Gasteiger partial charge < -0.3 is 9.47 Å². The lowest BCUT2D eigenvalue weighted by molar-refractivity contribution is 0.303. The molecule has 0 unspecified atom stereocenters. The van der Waals surface area contributed by atoms with Crippen LogP contribution in [0.15, 0.2) is 97.6 Å². The van der Waals surface area contributed by atoms with Gasteiger partial charge in [0.25, 0.3) is 0 Å². The van der Waals surface area contributed by atoms with Crippen molar-refractivity contribution in [3.05, 3.63) is 120 Å². The van der Waals surface area contributed by atoms with Crippen LogP contribution in [0.25, 0.3) is 24.3 Å². The van der Waals surface area contributed by atoms with Gasteiger partial charge in [-0.1, -0.05) is 99.9 Å². The molecule has 0 saturated carbocycles. The minimum Gasteiger partial charge on any atom is -0.494 e. The molecule has 0 amide bonds. The third-order valence-electron chi connectivity index (χ3n) is 7.19. The Labute approximate surface area is 252 Å². The maximum absolute atomic E-state index is 5.93. The summed E-state index contributed by atoms with van der Waals surface area (Å²) < 4.78 is 11.9. The molecule has 4 aromatic rings. The van der Waals surface area contributed by atoms with E-state index in [1.807, 2.05) is 49.1 Å². The Hall–Kier alpha value is -4.18. The van der Waals surface area contributed by atoms with Gasteiger partial charge in [0, 0.05) is 24.8 Å². The number of hydrogen-bond donors (Lipinski definition) is 0. The number of benzene rings is 2. The first kappa shape index (κ1) is 30.8. The third kappa shape index (κ3) is 12.6. The van der Waals surface area contributed by atoms with Crippen LogP contribution in [0, 0.1) is 0 Å². The predicted octanol–water partition coefficient (Wildman–Crippen LogP) is 10.2. The average molecular weight is 561 g/mol. The molecule has 0 bridgehead atoms. The normalized spacial score (nSPS) is 11.3. The molecular formula is C38H44N2O2. The van der Waals surface area contributed by atoms with E-state index in [0.29, 0.717) is 0 Å². The van der Waals surface area contributed by atoms with Gasteiger partial charge in [0.1, 0.15) is 11.5 Å². The van der Waals surface area contributed by atoms with Crippen LogP contribution in [0.1, 0.15) is 86.5 Å². The van der Waals surface area contributed by atoms with Gasteiger partial charge in [-0.3, -0.25) is 9.97 Å². The number of rotatable bonds is 19. The van der Waals surface area contributed by atoms with Crippen molar-refractivity contribution in [3.8, 4) is 11.5 Å². The van der Waals surface area contributed by atoms with Gasteiger partial charge in [0.2, 0.25) is 0 Å². The van der Waals surface area contributed by atoms with E-state index in [9.17, 15) is 0 Å². The average Bonchev–Trinajstić information content (AvgIpc) is 3.05. The molecule has 42 heavy (non-hydrogen) atoms. The second-order valence-electron chi connectivity index (χ2n) is 10.6. The van der Waals surface area contributed by atoms with E-state index in [0.717, 1.165) is 48.7 Å². The van der Waals surface area contributed by atoms with E-state index in [1.54, 1.807) is 0 Å². The molecule has 0 aliphatic rings. The number of nitrogens with zero attached hydrogens (tertiary/aromatic N) is 2. The highest BCUT2D eigenvalue weighted by atomic mass is 16.5. The zero-order chi connectivity index (χ0) is 28.9. The summed E-state index contributed by atoms with van der Waals surface area (Å²) in [6.07, 6.45) is 28.3. The minimum atomic E-state index is 0.793. The zero-order valence-corrected chi connectivity index (χ0v) is 24.7. The number of aromatic nitrogens is 2. The molecule has 4 heteroatoms. The maximum Gasteiger partial charge on any atom is 0.119 e. The van der Waals surface area contributed by atoms with E-state index in [2.05, 4.69) is 82.8 Å².